The molecule has 0 aromatic heterocycles. The van der Waals surface area contributed by atoms with Gasteiger partial charge in [0.2, 0.25) is 5.91 Å². The summed E-state index contributed by atoms with van der Waals surface area (Å²) in [5.74, 6) is -0.809. The first-order chi connectivity index (χ1) is 7.35. The fraction of sp³-hybridized carbons (Fsp3) is 0.125. The highest BCUT2D eigenvalue weighted by molar-refractivity contribution is 7.90. The van der Waals surface area contributed by atoms with E-state index in [1.165, 1.54) is 18.2 Å². The van der Waals surface area contributed by atoms with E-state index in [0.29, 0.717) is 0 Å². The number of carbonyl (C=O) groups is 1. The molecular weight excluding hydrogens is 275 g/mol. The van der Waals surface area contributed by atoms with E-state index in [4.69, 9.17) is 28.9 Å². The summed E-state index contributed by atoms with van der Waals surface area (Å²) in [5.41, 5.74) is 4.99. The lowest BCUT2D eigenvalue weighted by Crippen LogP contribution is -2.35. The summed E-state index contributed by atoms with van der Waals surface area (Å²) < 4.78 is 25.0. The quantitative estimate of drug-likeness (QED) is 0.857. The van der Waals surface area contributed by atoms with Crippen molar-refractivity contribution in [1.29, 1.82) is 0 Å². The monoisotopic (exact) mass is 282 g/mol. The van der Waals surface area contributed by atoms with Gasteiger partial charge in [-0.2, -0.15) is 0 Å². The van der Waals surface area contributed by atoms with Crippen molar-refractivity contribution in [2.75, 3.05) is 6.54 Å². The molecule has 0 radical (unpaired) electrons. The molecule has 5 nitrogen and oxygen atoms in total. The van der Waals surface area contributed by atoms with Gasteiger partial charge < -0.3 is 5.73 Å². The summed E-state index contributed by atoms with van der Waals surface area (Å²) in [5, 5.41) is 0.321. The van der Waals surface area contributed by atoms with Crippen LogP contribution in [0.2, 0.25) is 10.0 Å². The summed E-state index contributed by atoms with van der Waals surface area (Å²) in [6, 6.07) is 3.74. The lowest BCUT2D eigenvalue weighted by atomic mass is 10.4. The van der Waals surface area contributed by atoms with Gasteiger partial charge in [0.1, 0.15) is 0 Å². The minimum atomic E-state index is -3.97. The number of hydrogen-bond donors (Lipinski definition) is 2. The van der Waals surface area contributed by atoms with Crippen LogP contribution in [0.3, 0.4) is 0 Å². The predicted octanol–water partition coefficient (Wildman–Crippen LogP) is 0.757. The highest BCUT2D eigenvalue weighted by atomic mass is 35.5. The maximum atomic E-state index is 11.6. The molecule has 0 saturated heterocycles. The maximum Gasteiger partial charge on any atom is 0.264 e. The van der Waals surface area contributed by atoms with Gasteiger partial charge >= 0.3 is 0 Å². The van der Waals surface area contributed by atoms with Gasteiger partial charge in [-0.3, -0.25) is 4.79 Å². The fourth-order valence-electron chi connectivity index (χ4n) is 0.934. The Bertz CT molecular complexity index is 496. The van der Waals surface area contributed by atoms with E-state index in [1.807, 2.05) is 0 Å². The Morgan fingerprint density at radius 1 is 1.25 bits per heavy atom. The fourth-order valence-corrected chi connectivity index (χ4v) is 2.65. The van der Waals surface area contributed by atoms with Crippen molar-refractivity contribution in [3.8, 4) is 0 Å². The van der Waals surface area contributed by atoms with Crippen molar-refractivity contribution in [2.45, 2.75) is 4.90 Å². The Morgan fingerprint density at radius 3 is 2.19 bits per heavy atom. The lowest BCUT2D eigenvalue weighted by Gasteiger charge is -2.06. The zero-order valence-corrected chi connectivity index (χ0v) is 10.2. The zero-order valence-electron chi connectivity index (χ0n) is 7.91. The first-order valence-corrected chi connectivity index (χ1v) is 6.31. The van der Waals surface area contributed by atoms with Crippen LogP contribution >= 0.6 is 23.2 Å². The van der Waals surface area contributed by atoms with E-state index < -0.39 is 22.5 Å². The summed E-state index contributed by atoms with van der Waals surface area (Å²) in [6.45, 7) is -0.423. The second kappa shape index (κ2) is 5.01. The van der Waals surface area contributed by atoms with Crippen LogP contribution in [0.15, 0.2) is 23.1 Å². The molecule has 0 saturated carbocycles. The summed E-state index contributed by atoms with van der Waals surface area (Å²) in [7, 11) is -3.97. The van der Waals surface area contributed by atoms with Crippen LogP contribution in [-0.4, -0.2) is 20.9 Å². The Labute approximate surface area is 103 Å². The van der Waals surface area contributed by atoms with E-state index in [-0.39, 0.29) is 14.9 Å². The van der Waals surface area contributed by atoms with Crippen molar-refractivity contribution >= 4 is 39.1 Å². The topological polar surface area (TPSA) is 89.3 Å². The van der Waals surface area contributed by atoms with Gasteiger partial charge in [-0.25, -0.2) is 13.1 Å². The van der Waals surface area contributed by atoms with Crippen LogP contribution in [0.5, 0.6) is 0 Å². The molecule has 0 atom stereocenters. The molecule has 0 aliphatic heterocycles. The number of carbonyl (C=O) groups excluding carboxylic acids is 1. The van der Waals surface area contributed by atoms with Gasteiger partial charge in [-0.15, -0.1) is 0 Å². The van der Waals surface area contributed by atoms with Crippen molar-refractivity contribution < 1.29 is 13.2 Å². The van der Waals surface area contributed by atoms with Gasteiger partial charge in [0.15, 0.2) is 0 Å². The van der Waals surface area contributed by atoms with Crippen molar-refractivity contribution in [3.05, 3.63) is 28.2 Å². The molecule has 0 spiro atoms. The number of nitrogens with two attached hydrogens (primary N) is 1. The van der Waals surface area contributed by atoms with E-state index >= 15 is 0 Å². The predicted molar refractivity (Wildman–Crippen MR) is 60.8 cm³/mol. The van der Waals surface area contributed by atoms with Crippen LogP contribution in [-0.2, 0) is 14.8 Å². The number of halogens is 2. The number of sulfonamides is 1. The van der Waals surface area contributed by atoms with Crippen LogP contribution in [0.1, 0.15) is 0 Å². The highest BCUT2D eigenvalue weighted by Gasteiger charge is 2.17. The van der Waals surface area contributed by atoms with E-state index in [1.54, 1.807) is 4.72 Å². The first kappa shape index (κ1) is 13.2. The van der Waals surface area contributed by atoms with Gasteiger partial charge in [0.25, 0.3) is 10.0 Å². The standard InChI is InChI=1S/C8H8Cl2N2O3S/c9-5-1-6(10)3-7(2-5)16(14,15)12-8(13)4-11/h1-3H,4,11H2,(H,12,13). The van der Waals surface area contributed by atoms with Gasteiger partial charge in [-0.05, 0) is 18.2 Å². The third-order valence-corrected chi connectivity index (χ3v) is 3.37. The lowest BCUT2D eigenvalue weighted by molar-refractivity contribution is -0.118. The molecule has 0 bridgehead atoms. The Hall–Kier alpha value is -0.820. The van der Waals surface area contributed by atoms with Crippen LogP contribution in [0.4, 0.5) is 0 Å². The molecule has 3 N–H and O–H groups in total. The third kappa shape index (κ3) is 3.34. The summed E-state index contributed by atoms with van der Waals surface area (Å²) >= 11 is 11.3. The van der Waals surface area contributed by atoms with Gasteiger partial charge in [0, 0.05) is 10.0 Å². The summed E-state index contributed by atoms with van der Waals surface area (Å²) in [6.07, 6.45) is 0. The van der Waals surface area contributed by atoms with Crippen LogP contribution < -0.4 is 10.5 Å². The number of nitrogens with one attached hydrogen (secondary N) is 1. The second-order valence-electron chi connectivity index (χ2n) is 2.84. The Kier molecular flexibility index (Phi) is 4.15. The molecule has 0 fully saturated rings. The van der Waals surface area contributed by atoms with E-state index in [9.17, 15) is 13.2 Å². The number of amides is 1. The SMILES string of the molecule is NCC(=O)NS(=O)(=O)c1cc(Cl)cc(Cl)c1. The Morgan fingerprint density at radius 2 is 1.75 bits per heavy atom. The molecule has 8 heteroatoms. The normalized spacial score (nSPS) is 11.2. The molecule has 1 rings (SSSR count). The molecule has 0 unspecified atom stereocenters. The van der Waals surface area contributed by atoms with Crippen molar-refractivity contribution in [3.63, 3.8) is 0 Å². The molecule has 1 amide bonds. The molecule has 16 heavy (non-hydrogen) atoms. The zero-order chi connectivity index (χ0) is 12.3. The number of benzene rings is 1. The Balaban J connectivity index is 3.12. The summed E-state index contributed by atoms with van der Waals surface area (Å²) in [4.78, 5) is 10.7. The van der Waals surface area contributed by atoms with Gasteiger partial charge in [-0.1, -0.05) is 23.2 Å². The molecular formula is C8H8Cl2N2O3S. The smallest absolute Gasteiger partial charge is 0.264 e. The number of hydrogen-bond acceptors (Lipinski definition) is 4. The van der Waals surface area contributed by atoms with E-state index in [0.717, 1.165) is 0 Å². The molecule has 0 aliphatic rings. The van der Waals surface area contributed by atoms with Crippen LogP contribution in [0.25, 0.3) is 0 Å². The largest absolute Gasteiger partial charge is 0.322 e. The molecule has 1 aromatic carbocycles. The molecule has 1 aromatic rings. The van der Waals surface area contributed by atoms with Crippen molar-refractivity contribution in [1.82, 2.24) is 4.72 Å². The average molecular weight is 283 g/mol. The molecule has 0 heterocycles. The van der Waals surface area contributed by atoms with Crippen molar-refractivity contribution in [2.24, 2.45) is 5.73 Å². The minimum Gasteiger partial charge on any atom is -0.322 e. The minimum absolute atomic E-state index is 0.160. The average Bonchev–Trinajstić information content (AvgIpc) is 2.15. The third-order valence-electron chi connectivity index (χ3n) is 1.58. The first-order valence-electron chi connectivity index (χ1n) is 4.07. The maximum absolute atomic E-state index is 11.6. The van der Waals surface area contributed by atoms with Gasteiger partial charge in [0.05, 0.1) is 11.4 Å². The highest BCUT2D eigenvalue weighted by Crippen LogP contribution is 2.21. The molecule has 88 valence electrons. The number of rotatable bonds is 3. The van der Waals surface area contributed by atoms with Crippen LogP contribution in [0, 0.1) is 0 Å². The second-order valence-corrected chi connectivity index (χ2v) is 5.39. The molecule has 0 aliphatic carbocycles. The van der Waals surface area contributed by atoms with E-state index in [2.05, 4.69) is 0 Å².